The number of hydrogen-bond donors (Lipinski definition) is 1. The Balaban J connectivity index is 1.73. The highest BCUT2D eigenvalue weighted by Crippen LogP contribution is 2.42. The van der Waals surface area contributed by atoms with Crippen LogP contribution in [0.3, 0.4) is 0 Å². The average Bonchev–Trinajstić information content (AvgIpc) is 3.22. The Labute approximate surface area is 197 Å². The van der Waals surface area contributed by atoms with Crippen molar-refractivity contribution < 1.29 is 19.4 Å². The van der Waals surface area contributed by atoms with E-state index in [0.29, 0.717) is 11.5 Å². The van der Waals surface area contributed by atoms with Gasteiger partial charge < -0.3 is 14.4 Å². The van der Waals surface area contributed by atoms with Gasteiger partial charge in [0.25, 0.3) is 0 Å². The Bertz CT molecular complexity index is 1360. The molecule has 7 nitrogen and oxygen atoms in total. The summed E-state index contributed by atoms with van der Waals surface area (Å²) in [4.78, 5) is 33.5. The van der Waals surface area contributed by atoms with Crippen LogP contribution >= 0.6 is 0 Å². The van der Waals surface area contributed by atoms with Crippen molar-refractivity contribution in [2.45, 2.75) is 26.4 Å². The van der Waals surface area contributed by atoms with E-state index in [1.165, 1.54) is 0 Å². The number of aryl methyl sites for hydroxylation is 1. The number of esters is 1. The SMILES string of the molecule is CCOC(=O)[C@H]1C(=O)N(Cc2ccc(C)cc2)c2nc3ccccc3n2[C@H]1c1ccc(O)cc1. The van der Waals surface area contributed by atoms with Gasteiger partial charge in [-0.05, 0) is 49.2 Å². The topological polar surface area (TPSA) is 84.7 Å². The standard InChI is InChI=1S/C27H25N3O4/c1-3-34-26(33)23-24(19-12-14-20(31)15-13-19)30-22-7-5-4-6-21(22)28-27(30)29(25(23)32)16-18-10-8-17(2)9-11-18/h4-15,23-24,31H,3,16H2,1-2H3/t23-,24+/m1/s1. The Morgan fingerprint density at radius 1 is 1.03 bits per heavy atom. The summed E-state index contributed by atoms with van der Waals surface area (Å²) in [5, 5.41) is 9.83. The minimum Gasteiger partial charge on any atom is -0.508 e. The van der Waals surface area contributed by atoms with Crippen LogP contribution < -0.4 is 4.90 Å². The van der Waals surface area contributed by atoms with Gasteiger partial charge in [-0.25, -0.2) is 4.98 Å². The number of benzene rings is 3. The number of hydrogen-bond acceptors (Lipinski definition) is 5. The molecule has 0 saturated heterocycles. The van der Waals surface area contributed by atoms with Crippen molar-refractivity contribution in [2.75, 3.05) is 11.5 Å². The van der Waals surface area contributed by atoms with Crippen LogP contribution in [0, 0.1) is 12.8 Å². The van der Waals surface area contributed by atoms with Crippen molar-refractivity contribution in [1.29, 1.82) is 0 Å². The van der Waals surface area contributed by atoms with Crippen molar-refractivity contribution in [2.24, 2.45) is 5.92 Å². The minimum absolute atomic E-state index is 0.107. The van der Waals surface area contributed by atoms with Gasteiger partial charge in [0.1, 0.15) is 5.75 Å². The highest BCUT2D eigenvalue weighted by atomic mass is 16.5. The third-order valence-electron chi connectivity index (χ3n) is 6.18. The molecule has 2 heterocycles. The molecule has 1 aliphatic heterocycles. The molecular formula is C27H25N3O4. The van der Waals surface area contributed by atoms with Crippen molar-refractivity contribution in [3.63, 3.8) is 0 Å². The maximum absolute atomic E-state index is 13.9. The Hall–Kier alpha value is -4.13. The molecule has 4 aromatic rings. The summed E-state index contributed by atoms with van der Waals surface area (Å²) < 4.78 is 7.32. The van der Waals surface area contributed by atoms with Gasteiger partial charge in [-0.15, -0.1) is 0 Å². The summed E-state index contributed by atoms with van der Waals surface area (Å²) in [7, 11) is 0. The number of aromatic hydroxyl groups is 1. The average molecular weight is 456 g/mol. The van der Waals surface area contributed by atoms with Crippen LogP contribution in [0.4, 0.5) is 5.95 Å². The Morgan fingerprint density at radius 3 is 2.44 bits per heavy atom. The van der Waals surface area contributed by atoms with Gasteiger partial charge in [0.2, 0.25) is 11.9 Å². The number of rotatable bonds is 5. The van der Waals surface area contributed by atoms with Gasteiger partial charge in [0.05, 0.1) is 30.2 Å². The van der Waals surface area contributed by atoms with Gasteiger partial charge in [-0.2, -0.15) is 0 Å². The first-order valence-electron chi connectivity index (χ1n) is 11.3. The number of phenols is 1. The number of fused-ring (bicyclic) bond motifs is 3. The van der Waals surface area contributed by atoms with Gasteiger partial charge in [-0.1, -0.05) is 54.1 Å². The molecule has 3 aromatic carbocycles. The van der Waals surface area contributed by atoms with Crippen molar-refractivity contribution in [3.8, 4) is 5.75 Å². The van der Waals surface area contributed by atoms with Gasteiger partial charge in [-0.3, -0.25) is 14.5 Å². The summed E-state index contributed by atoms with van der Waals surface area (Å²) in [5.41, 5.74) is 4.31. The highest BCUT2D eigenvalue weighted by Gasteiger charge is 2.47. The van der Waals surface area contributed by atoms with Crippen LogP contribution in [0.25, 0.3) is 11.0 Å². The molecule has 1 aromatic heterocycles. The van der Waals surface area contributed by atoms with Crippen molar-refractivity contribution in [3.05, 3.63) is 89.5 Å². The number of carbonyl (C=O) groups excluding carboxylic acids is 2. The molecule has 0 spiro atoms. The lowest BCUT2D eigenvalue weighted by Gasteiger charge is -2.38. The van der Waals surface area contributed by atoms with Crippen LogP contribution in [0.5, 0.6) is 5.75 Å². The third-order valence-corrected chi connectivity index (χ3v) is 6.18. The van der Waals surface area contributed by atoms with Crippen LogP contribution in [0.15, 0.2) is 72.8 Å². The normalized spacial score (nSPS) is 17.6. The smallest absolute Gasteiger partial charge is 0.321 e. The second-order valence-corrected chi connectivity index (χ2v) is 8.45. The maximum Gasteiger partial charge on any atom is 0.321 e. The zero-order chi connectivity index (χ0) is 23.8. The highest BCUT2D eigenvalue weighted by molar-refractivity contribution is 6.08. The molecule has 1 amide bonds. The van der Waals surface area contributed by atoms with Crippen LogP contribution in [-0.4, -0.2) is 33.1 Å². The number of nitrogens with zero attached hydrogens (tertiary/aromatic N) is 3. The van der Waals surface area contributed by atoms with E-state index in [-0.39, 0.29) is 24.8 Å². The molecule has 2 atom stereocenters. The second-order valence-electron chi connectivity index (χ2n) is 8.45. The number of amides is 1. The number of ether oxygens (including phenoxy) is 1. The Kier molecular flexibility index (Phi) is 5.53. The van der Waals surface area contributed by atoms with E-state index >= 15 is 0 Å². The number of carbonyl (C=O) groups is 2. The predicted octanol–water partition coefficient (Wildman–Crippen LogP) is 4.37. The first-order chi connectivity index (χ1) is 16.5. The van der Waals surface area contributed by atoms with Gasteiger partial charge >= 0.3 is 5.97 Å². The molecule has 172 valence electrons. The second kappa shape index (κ2) is 8.67. The lowest BCUT2D eigenvalue weighted by molar-refractivity contribution is -0.153. The summed E-state index contributed by atoms with van der Waals surface area (Å²) in [6, 6.07) is 21.5. The molecule has 5 rings (SSSR count). The van der Waals surface area contributed by atoms with Crippen LogP contribution in [0.2, 0.25) is 0 Å². The van der Waals surface area contributed by atoms with Crippen LogP contribution in [-0.2, 0) is 20.9 Å². The summed E-state index contributed by atoms with van der Waals surface area (Å²) in [6.07, 6.45) is 0. The monoisotopic (exact) mass is 455 g/mol. The van der Waals surface area contributed by atoms with Crippen LogP contribution in [0.1, 0.15) is 29.7 Å². The van der Waals surface area contributed by atoms with Gasteiger partial charge in [0.15, 0.2) is 5.92 Å². The molecule has 34 heavy (non-hydrogen) atoms. The minimum atomic E-state index is -1.10. The Morgan fingerprint density at radius 2 is 1.74 bits per heavy atom. The predicted molar refractivity (Wildman–Crippen MR) is 128 cm³/mol. The summed E-state index contributed by atoms with van der Waals surface area (Å²) >= 11 is 0. The van der Waals surface area contributed by atoms with E-state index in [4.69, 9.17) is 9.72 Å². The van der Waals surface area contributed by atoms with E-state index in [2.05, 4.69) is 0 Å². The number of para-hydroxylation sites is 2. The number of imidazole rings is 1. The van der Waals surface area contributed by atoms with E-state index in [1.54, 1.807) is 36.1 Å². The van der Waals surface area contributed by atoms with Gasteiger partial charge in [0, 0.05) is 0 Å². The van der Waals surface area contributed by atoms with E-state index in [0.717, 1.165) is 22.2 Å². The first kappa shape index (κ1) is 21.7. The molecule has 0 aliphatic carbocycles. The number of phenolic OH excluding ortho intramolecular Hbond substituents is 1. The first-order valence-corrected chi connectivity index (χ1v) is 11.3. The molecule has 0 fully saturated rings. The fraction of sp³-hybridized carbons (Fsp3) is 0.222. The molecule has 0 radical (unpaired) electrons. The molecular weight excluding hydrogens is 430 g/mol. The molecule has 0 saturated carbocycles. The maximum atomic E-state index is 13.9. The quantitative estimate of drug-likeness (QED) is 0.357. The third kappa shape index (κ3) is 3.69. The molecule has 7 heteroatoms. The summed E-state index contributed by atoms with van der Waals surface area (Å²) in [5.74, 6) is -1.46. The fourth-order valence-electron chi connectivity index (χ4n) is 4.55. The summed E-state index contributed by atoms with van der Waals surface area (Å²) in [6.45, 7) is 4.18. The zero-order valence-electron chi connectivity index (χ0n) is 19.0. The van der Waals surface area contributed by atoms with Crippen molar-refractivity contribution >= 4 is 28.9 Å². The number of anilines is 1. The molecule has 1 N–H and O–H groups in total. The van der Waals surface area contributed by atoms with Crippen molar-refractivity contribution in [1.82, 2.24) is 9.55 Å². The lowest BCUT2D eigenvalue weighted by atomic mass is 9.89. The van der Waals surface area contributed by atoms with E-state index < -0.39 is 17.9 Å². The molecule has 0 bridgehead atoms. The molecule has 1 aliphatic rings. The molecule has 0 unspecified atom stereocenters. The zero-order valence-corrected chi connectivity index (χ0v) is 19.0. The fourth-order valence-corrected chi connectivity index (χ4v) is 4.55. The largest absolute Gasteiger partial charge is 0.508 e. The number of aromatic nitrogens is 2. The lowest BCUT2D eigenvalue weighted by Crippen LogP contribution is -2.49. The van der Waals surface area contributed by atoms with E-state index in [1.807, 2.05) is 60.0 Å². The van der Waals surface area contributed by atoms with E-state index in [9.17, 15) is 14.7 Å².